The highest BCUT2D eigenvalue weighted by atomic mass is 16.3. The molecule has 1 aromatic heterocycles. The number of hydrogen-bond donors (Lipinski definition) is 0. The Morgan fingerprint density at radius 3 is 2.03 bits per heavy atom. The largest absolute Gasteiger partial charge is 0.455 e. The van der Waals surface area contributed by atoms with Crippen molar-refractivity contribution in [3.05, 3.63) is 121 Å². The number of rotatable bonds is 2. The van der Waals surface area contributed by atoms with E-state index in [0.717, 1.165) is 33.1 Å². The van der Waals surface area contributed by atoms with Gasteiger partial charge in [0.05, 0.1) is 0 Å². The first-order chi connectivity index (χ1) is 17.3. The molecule has 0 saturated carbocycles. The summed E-state index contributed by atoms with van der Waals surface area (Å²) in [4.78, 5) is 0. The second-order valence-corrected chi connectivity index (χ2v) is 9.33. The van der Waals surface area contributed by atoms with Crippen molar-refractivity contribution in [2.75, 3.05) is 0 Å². The SMILES string of the molecule is c1cc(-c2cc3c4c(cccc4c2)-c2ccccc2-3)cc(-c2cccc3c2oc2ccccc23)c1. The van der Waals surface area contributed by atoms with Crippen molar-refractivity contribution >= 4 is 32.7 Å². The third-order valence-electron chi connectivity index (χ3n) is 7.40. The molecule has 0 saturated heterocycles. The van der Waals surface area contributed by atoms with Crippen molar-refractivity contribution in [2.45, 2.75) is 0 Å². The van der Waals surface area contributed by atoms with Crippen LogP contribution in [0.25, 0.3) is 77.2 Å². The Morgan fingerprint density at radius 1 is 0.400 bits per heavy atom. The summed E-state index contributed by atoms with van der Waals surface area (Å²) >= 11 is 0. The van der Waals surface area contributed by atoms with E-state index in [2.05, 4.69) is 109 Å². The third-order valence-corrected chi connectivity index (χ3v) is 7.40. The van der Waals surface area contributed by atoms with Gasteiger partial charge in [-0.25, -0.2) is 0 Å². The third kappa shape index (κ3) is 2.64. The minimum atomic E-state index is 0.929. The summed E-state index contributed by atoms with van der Waals surface area (Å²) in [5, 5.41) is 4.97. The lowest BCUT2D eigenvalue weighted by molar-refractivity contribution is 0.670. The number of para-hydroxylation sites is 2. The van der Waals surface area contributed by atoms with Gasteiger partial charge in [0.15, 0.2) is 0 Å². The number of benzene rings is 6. The molecular weight excluding hydrogens is 424 g/mol. The average molecular weight is 445 g/mol. The van der Waals surface area contributed by atoms with Crippen molar-refractivity contribution in [1.29, 1.82) is 0 Å². The number of hydrogen-bond acceptors (Lipinski definition) is 1. The lowest BCUT2D eigenvalue weighted by atomic mass is 9.94. The predicted molar refractivity (Wildman–Crippen MR) is 147 cm³/mol. The summed E-state index contributed by atoms with van der Waals surface area (Å²) < 4.78 is 6.32. The number of furan rings is 1. The maximum atomic E-state index is 6.32. The van der Waals surface area contributed by atoms with E-state index in [9.17, 15) is 0 Å². The van der Waals surface area contributed by atoms with Crippen LogP contribution in [0.5, 0.6) is 0 Å². The van der Waals surface area contributed by atoms with Gasteiger partial charge in [-0.15, -0.1) is 0 Å². The smallest absolute Gasteiger partial charge is 0.143 e. The van der Waals surface area contributed by atoms with Gasteiger partial charge in [-0.3, -0.25) is 0 Å². The van der Waals surface area contributed by atoms with Crippen LogP contribution >= 0.6 is 0 Å². The minimum Gasteiger partial charge on any atom is -0.455 e. The van der Waals surface area contributed by atoms with Crippen molar-refractivity contribution in [1.82, 2.24) is 0 Å². The van der Waals surface area contributed by atoms with Gasteiger partial charge in [-0.2, -0.15) is 0 Å². The van der Waals surface area contributed by atoms with Crippen LogP contribution in [0, 0.1) is 0 Å². The van der Waals surface area contributed by atoms with Gasteiger partial charge in [0, 0.05) is 16.3 Å². The Morgan fingerprint density at radius 2 is 1.09 bits per heavy atom. The molecule has 1 nitrogen and oxygen atoms in total. The maximum Gasteiger partial charge on any atom is 0.143 e. The Kier molecular flexibility index (Phi) is 3.72. The van der Waals surface area contributed by atoms with Crippen molar-refractivity contribution in [3.8, 4) is 44.5 Å². The molecule has 0 unspecified atom stereocenters. The topological polar surface area (TPSA) is 13.1 Å². The van der Waals surface area contributed by atoms with Gasteiger partial charge in [0.25, 0.3) is 0 Å². The van der Waals surface area contributed by atoms with E-state index >= 15 is 0 Å². The fourth-order valence-corrected chi connectivity index (χ4v) is 5.83. The summed E-state index contributed by atoms with van der Waals surface area (Å²) in [6.07, 6.45) is 0. The van der Waals surface area contributed by atoms with Gasteiger partial charge < -0.3 is 4.42 Å². The number of fused-ring (bicyclic) bond motifs is 6. The maximum absolute atomic E-state index is 6.32. The molecule has 0 radical (unpaired) electrons. The van der Waals surface area contributed by atoms with Crippen LogP contribution in [0.1, 0.15) is 0 Å². The quantitative estimate of drug-likeness (QED) is 0.259. The summed E-state index contributed by atoms with van der Waals surface area (Å²) in [6, 6.07) is 43.6. The minimum absolute atomic E-state index is 0.929. The lowest BCUT2D eigenvalue weighted by Gasteiger charge is -2.10. The Bertz CT molecular complexity index is 1950. The molecule has 0 fully saturated rings. The first-order valence-electron chi connectivity index (χ1n) is 12.0. The Balaban J connectivity index is 1.33. The van der Waals surface area contributed by atoms with Crippen LogP contribution in [0.4, 0.5) is 0 Å². The zero-order chi connectivity index (χ0) is 22.9. The molecule has 1 aliphatic rings. The highest BCUT2D eigenvalue weighted by molar-refractivity contribution is 6.16. The zero-order valence-corrected chi connectivity index (χ0v) is 19.0. The average Bonchev–Trinajstić information content (AvgIpc) is 3.46. The fourth-order valence-electron chi connectivity index (χ4n) is 5.83. The van der Waals surface area contributed by atoms with E-state index in [1.165, 1.54) is 44.2 Å². The fraction of sp³-hybridized carbons (Fsp3) is 0. The molecule has 1 aliphatic carbocycles. The summed E-state index contributed by atoms with van der Waals surface area (Å²) in [5.41, 5.74) is 11.9. The van der Waals surface area contributed by atoms with Gasteiger partial charge in [-0.1, -0.05) is 97.1 Å². The molecule has 7 aromatic rings. The van der Waals surface area contributed by atoms with Crippen LogP contribution in [-0.4, -0.2) is 0 Å². The predicted octanol–water partition coefficient (Wildman–Crippen LogP) is 9.72. The van der Waals surface area contributed by atoms with Crippen molar-refractivity contribution < 1.29 is 4.42 Å². The van der Waals surface area contributed by atoms with Gasteiger partial charge >= 0.3 is 0 Å². The molecule has 0 aliphatic heterocycles. The molecule has 0 atom stereocenters. The molecule has 1 heterocycles. The van der Waals surface area contributed by atoms with Crippen molar-refractivity contribution in [3.63, 3.8) is 0 Å². The summed E-state index contributed by atoms with van der Waals surface area (Å²) in [5.74, 6) is 0. The molecule has 8 rings (SSSR count). The second kappa shape index (κ2) is 6.94. The summed E-state index contributed by atoms with van der Waals surface area (Å²) in [7, 11) is 0. The van der Waals surface area contributed by atoms with E-state index < -0.39 is 0 Å². The van der Waals surface area contributed by atoms with E-state index in [4.69, 9.17) is 4.42 Å². The van der Waals surface area contributed by atoms with Crippen LogP contribution in [0.15, 0.2) is 126 Å². The Labute approximate surface area is 202 Å². The molecular formula is C34H20O. The van der Waals surface area contributed by atoms with E-state index in [1.54, 1.807) is 0 Å². The van der Waals surface area contributed by atoms with E-state index in [-0.39, 0.29) is 0 Å². The van der Waals surface area contributed by atoms with E-state index in [0.29, 0.717) is 0 Å². The van der Waals surface area contributed by atoms with Gasteiger partial charge in [0.1, 0.15) is 11.2 Å². The molecule has 162 valence electrons. The van der Waals surface area contributed by atoms with Crippen molar-refractivity contribution in [2.24, 2.45) is 0 Å². The monoisotopic (exact) mass is 444 g/mol. The molecule has 0 amide bonds. The first kappa shape index (κ1) is 18.8. The molecule has 35 heavy (non-hydrogen) atoms. The highest BCUT2D eigenvalue weighted by Crippen LogP contribution is 2.48. The molecule has 0 bridgehead atoms. The normalized spacial score (nSPS) is 12.0. The molecule has 0 N–H and O–H groups in total. The molecule has 0 spiro atoms. The summed E-state index contributed by atoms with van der Waals surface area (Å²) in [6.45, 7) is 0. The van der Waals surface area contributed by atoms with Crippen LogP contribution < -0.4 is 0 Å². The zero-order valence-electron chi connectivity index (χ0n) is 19.0. The molecule has 1 heteroatoms. The van der Waals surface area contributed by atoms with Gasteiger partial charge in [0.2, 0.25) is 0 Å². The van der Waals surface area contributed by atoms with E-state index in [1.807, 2.05) is 12.1 Å². The highest BCUT2D eigenvalue weighted by Gasteiger charge is 2.21. The Hall–Kier alpha value is -4.62. The lowest BCUT2D eigenvalue weighted by Crippen LogP contribution is -1.84. The second-order valence-electron chi connectivity index (χ2n) is 9.33. The standard InChI is InChI=1S/C34H20O/c1-2-12-27-26(11-1)29-15-6-10-23-19-24(20-31(27)33(23)29)21-8-5-9-22(18-21)25-14-7-16-30-28-13-3-4-17-32(28)35-34(25)30/h1-20H. The van der Waals surface area contributed by atoms with Gasteiger partial charge in [-0.05, 0) is 74.0 Å². The first-order valence-corrected chi connectivity index (χ1v) is 12.0. The van der Waals surface area contributed by atoms with Crippen LogP contribution in [-0.2, 0) is 0 Å². The molecule has 6 aromatic carbocycles. The van der Waals surface area contributed by atoms with Crippen LogP contribution in [0.2, 0.25) is 0 Å². The van der Waals surface area contributed by atoms with Crippen LogP contribution in [0.3, 0.4) is 0 Å².